The van der Waals surface area contributed by atoms with Gasteiger partial charge in [0.05, 0.1) is 28.6 Å². The van der Waals surface area contributed by atoms with E-state index in [0.717, 1.165) is 13.1 Å². The number of ether oxygens (including phenoxy) is 1. The zero-order valence-electron chi connectivity index (χ0n) is 17.7. The van der Waals surface area contributed by atoms with E-state index in [-0.39, 0.29) is 22.1 Å². The molecule has 32 heavy (non-hydrogen) atoms. The number of morpholine rings is 1. The van der Waals surface area contributed by atoms with Gasteiger partial charge in [-0.1, -0.05) is 24.3 Å². The minimum Gasteiger partial charge on any atom is -0.379 e. The Hall–Kier alpha value is -2.40. The van der Waals surface area contributed by atoms with Crippen LogP contribution < -0.4 is 4.90 Å². The van der Waals surface area contributed by atoms with Gasteiger partial charge in [-0.2, -0.15) is 0 Å². The van der Waals surface area contributed by atoms with Crippen molar-refractivity contribution in [3.8, 4) is 0 Å². The first-order chi connectivity index (χ1) is 15.4. The number of amides is 1. The smallest absolute Gasteiger partial charge is 0.260 e. The van der Waals surface area contributed by atoms with Crippen molar-refractivity contribution in [1.82, 2.24) is 9.88 Å². The van der Waals surface area contributed by atoms with E-state index >= 15 is 0 Å². The molecule has 4 rings (SSSR count). The summed E-state index contributed by atoms with van der Waals surface area (Å²) in [5.41, 5.74) is 0.586. The van der Waals surface area contributed by atoms with Crippen LogP contribution in [0.5, 0.6) is 0 Å². The molecule has 0 N–H and O–H groups in total. The topological polar surface area (TPSA) is 79.8 Å². The van der Waals surface area contributed by atoms with E-state index in [1.807, 2.05) is 0 Å². The van der Waals surface area contributed by atoms with Crippen molar-refractivity contribution in [3.05, 3.63) is 53.8 Å². The Morgan fingerprint density at radius 1 is 1.19 bits per heavy atom. The third-order valence-electron chi connectivity index (χ3n) is 5.42. The Morgan fingerprint density at radius 3 is 2.56 bits per heavy atom. The minimum absolute atomic E-state index is 0.0107. The van der Waals surface area contributed by atoms with Gasteiger partial charge in [-0.15, -0.1) is 0 Å². The van der Waals surface area contributed by atoms with Crippen LogP contribution in [-0.2, 0) is 14.6 Å². The van der Waals surface area contributed by atoms with Gasteiger partial charge in [-0.25, -0.2) is 17.8 Å². The summed E-state index contributed by atoms with van der Waals surface area (Å²) in [4.78, 5) is 21.7. The Morgan fingerprint density at radius 2 is 1.91 bits per heavy atom. The summed E-state index contributed by atoms with van der Waals surface area (Å²) in [5.74, 6) is -0.749. The predicted molar refractivity (Wildman–Crippen MR) is 123 cm³/mol. The van der Waals surface area contributed by atoms with Gasteiger partial charge < -0.3 is 4.74 Å². The van der Waals surface area contributed by atoms with Gasteiger partial charge in [0, 0.05) is 31.7 Å². The van der Waals surface area contributed by atoms with E-state index in [9.17, 15) is 17.6 Å². The van der Waals surface area contributed by atoms with E-state index in [1.165, 1.54) is 41.7 Å². The number of nitrogens with zero attached hydrogens (tertiary/aromatic N) is 3. The molecule has 0 atom stereocenters. The highest BCUT2D eigenvalue weighted by Crippen LogP contribution is 2.31. The summed E-state index contributed by atoms with van der Waals surface area (Å²) in [6.45, 7) is 5.42. The minimum atomic E-state index is -3.36. The van der Waals surface area contributed by atoms with E-state index in [1.54, 1.807) is 24.0 Å². The Balaban J connectivity index is 1.64. The molecule has 1 fully saturated rings. The number of thiazole rings is 1. The second kappa shape index (κ2) is 9.62. The fraction of sp³-hybridized carbons (Fsp3) is 0.364. The van der Waals surface area contributed by atoms with Crippen LogP contribution in [0.1, 0.15) is 17.3 Å². The molecule has 170 valence electrons. The summed E-state index contributed by atoms with van der Waals surface area (Å²) >= 11 is 1.26. The molecule has 10 heteroatoms. The average molecular weight is 478 g/mol. The second-order valence-corrected chi connectivity index (χ2v) is 10.7. The number of aromatic nitrogens is 1. The van der Waals surface area contributed by atoms with Crippen LogP contribution >= 0.6 is 11.3 Å². The lowest BCUT2D eigenvalue weighted by atomic mass is 10.2. The molecule has 0 bridgehead atoms. The maximum absolute atomic E-state index is 14.2. The van der Waals surface area contributed by atoms with Gasteiger partial charge in [-0.05, 0) is 36.4 Å². The monoisotopic (exact) mass is 477 g/mol. The number of hydrogen-bond acceptors (Lipinski definition) is 7. The third-order valence-corrected chi connectivity index (χ3v) is 8.21. The molecule has 0 aliphatic carbocycles. The molecular weight excluding hydrogens is 453 g/mol. The van der Waals surface area contributed by atoms with Crippen molar-refractivity contribution in [3.63, 3.8) is 0 Å². The normalized spacial score (nSPS) is 15.2. The van der Waals surface area contributed by atoms with E-state index in [0.29, 0.717) is 41.7 Å². The number of benzene rings is 2. The summed E-state index contributed by atoms with van der Waals surface area (Å²) in [6.07, 6.45) is 0. The number of hydrogen-bond donors (Lipinski definition) is 0. The fourth-order valence-corrected chi connectivity index (χ4v) is 5.38. The van der Waals surface area contributed by atoms with E-state index in [2.05, 4.69) is 9.88 Å². The van der Waals surface area contributed by atoms with Crippen molar-refractivity contribution in [2.75, 3.05) is 50.0 Å². The number of rotatable bonds is 7. The van der Waals surface area contributed by atoms with Crippen LogP contribution in [0.15, 0.2) is 47.4 Å². The van der Waals surface area contributed by atoms with Gasteiger partial charge in [0.2, 0.25) is 0 Å². The largest absolute Gasteiger partial charge is 0.379 e. The summed E-state index contributed by atoms with van der Waals surface area (Å²) in [5, 5.41) is 0.411. The van der Waals surface area contributed by atoms with Gasteiger partial charge in [0.25, 0.3) is 5.91 Å². The quantitative estimate of drug-likeness (QED) is 0.520. The highest BCUT2D eigenvalue weighted by Gasteiger charge is 2.24. The third kappa shape index (κ3) is 4.83. The van der Waals surface area contributed by atoms with Crippen LogP contribution in [0, 0.1) is 5.82 Å². The van der Waals surface area contributed by atoms with Crippen molar-refractivity contribution in [1.29, 1.82) is 0 Å². The zero-order valence-corrected chi connectivity index (χ0v) is 19.3. The molecular formula is C22H24FN3O4S2. The lowest BCUT2D eigenvalue weighted by Crippen LogP contribution is -2.43. The number of sulfone groups is 1. The number of carbonyl (C=O) groups excluding carboxylic acids is 1. The maximum atomic E-state index is 14.2. The van der Waals surface area contributed by atoms with E-state index in [4.69, 9.17) is 4.74 Å². The SMILES string of the molecule is CCS(=O)(=O)c1ccc(C(=O)N(CCN2CCOCC2)c2nc3c(F)cccc3s2)cc1. The van der Waals surface area contributed by atoms with Crippen LogP contribution in [0.2, 0.25) is 0 Å². The first kappa shape index (κ1) is 22.8. The summed E-state index contributed by atoms with van der Waals surface area (Å²) in [6, 6.07) is 10.7. The van der Waals surface area contributed by atoms with Crippen molar-refractivity contribution in [2.24, 2.45) is 0 Å². The second-order valence-electron chi connectivity index (χ2n) is 7.42. The maximum Gasteiger partial charge on any atom is 0.260 e. The molecule has 0 spiro atoms. The number of fused-ring (bicyclic) bond motifs is 1. The number of para-hydroxylation sites is 1. The molecule has 1 aliphatic rings. The molecule has 1 aliphatic heterocycles. The molecule has 1 saturated heterocycles. The van der Waals surface area contributed by atoms with Crippen LogP contribution in [-0.4, -0.2) is 69.4 Å². The Labute approximate surface area is 190 Å². The zero-order chi connectivity index (χ0) is 22.7. The lowest BCUT2D eigenvalue weighted by molar-refractivity contribution is 0.0391. The average Bonchev–Trinajstić information content (AvgIpc) is 3.25. The molecule has 2 aromatic carbocycles. The van der Waals surface area contributed by atoms with Gasteiger partial charge in [0.1, 0.15) is 11.3 Å². The number of anilines is 1. The molecule has 0 unspecified atom stereocenters. The number of halogens is 1. The van der Waals surface area contributed by atoms with E-state index < -0.39 is 15.7 Å². The molecule has 0 radical (unpaired) electrons. The Kier molecular flexibility index (Phi) is 6.85. The fourth-order valence-electron chi connectivity index (χ4n) is 3.50. The van der Waals surface area contributed by atoms with Crippen LogP contribution in [0.4, 0.5) is 9.52 Å². The molecule has 1 amide bonds. The Bertz CT molecular complexity index is 1210. The van der Waals surface area contributed by atoms with Gasteiger partial charge >= 0.3 is 0 Å². The first-order valence-corrected chi connectivity index (χ1v) is 12.9. The molecule has 1 aromatic heterocycles. The van der Waals surface area contributed by atoms with Crippen LogP contribution in [0.3, 0.4) is 0 Å². The highest BCUT2D eigenvalue weighted by atomic mass is 32.2. The first-order valence-electron chi connectivity index (χ1n) is 10.4. The standard InChI is InChI=1S/C22H24FN3O4S2/c1-2-32(28,29)17-8-6-16(7-9-17)21(27)26(11-10-25-12-14-30-15-13-25)22-24-20-18(23)4-3-5-19(20)31-22/h3-9H,2,10-15H2,1H3. The van der Waals surface area contributed by atoms with Crippen molar-refractivity contribution >= 4 is 42.4 Å². The highest BCUT2D eigenvalue weighted by molar-refractivity contribution is 7.91. The summed E-state index contributed by atoms with van der Waals surface area (Å²) in [7, 11) is -3.36. The van der Waals surface area contributed by atoms with Gasteiger partial charge in [-0.3, -0.25) is 14.6 Å². The molecule has 0 saturated carbocycles. The summed E-state index contributed by atoms with van der Waals surface area (Å²) < 4.78 is 44.4. The van der Waals surface area contributed by atoms with Crippen molar-refractivity contribution < 1.29 is 22.3 Å². The predicted octanol–water partition coefficient (Wildman–Crippen LogP) is 3.21. The lowest BCUT2D eigenvalue weighted by Gasteiger charge is -2.29. The molecule has 7 nitrogen and oxygen atoms in total. The van der Waals surface area contributed by atoms with Crippen LogP contribution in [0.25, 0.3) is 10.2 Å². The molecule has 2 heterocycles. The van der Waals surface area contributed by atoms with Gasteiger partial charge in [0.15, 0.2) is 15.0 Å². The van der Waals surface area contributed by atoms with Crippen molar-refractivity contribution in [2.45, 2.75) is 11.8 Å². The number of carbonyl (C=O) groups is 1. The molecule has 3 aromatic rings.